The van der Waals surface area contributed by atoms with Crippen molar-refractivity contribution in [2.24, 2.45) is 14.1 Å². The Morgan fingerprint density at radius 1 is 1.19 bits per heavy atom. The molecular formula is C25H30FN5O. The molecule has 32 heavy (non-hydrogen) atoms. The van der Waals surface area contributed by atoms with Crippen LogP contribution in [0.4, 0.5) is 4.39 Å². The van der Waals surface area contributed by atoms with E-state index in [-0.39, 0.29) is 23.8 Å². The van der Waals surface area contributed by atoms with Gasteiger partial charge in [-0.1, -0.05) is 6.92 Å². The third kappa shape index (κ3) is 3.26. The molecule has 0 N–H and O–H groups in total. The maximum Gasteiger partial charge on any atom is 0.258 e. The first-order valence-electron chi connectivity index (χ1n) is 11.5. The summed E-state index contributed by atoms with van der Waals surface area (Å²) in [5.74, 6) is 0.237. The molecule has 3 aromatic rings. The van der Waals surface area contributed by atoms with Gasteiger partial charge in [-0.3, -0.25) is 14.2 Å². The number of nitrogens with zero attached hydrogens (tertiary/aromatic N) is 5. The van der Waals surface area contributed by atoms with Gasteiger partial charge in [0.2, 0.25) is 0 Å². The average molecular weight is 436 g/mol. The van der Waals surface area contributed by atoms with Gasteiger partial charge in [0.25, 0.3) is 5.91 Å². The number of hydrogen-bond acceptors (Lipinski definition) is 3. The van der Waals surface area contributed by atoms with E-state index in [1.54, 1.807) is 12.3 Å². The third-order valence-electron chi connectivity index (χ3n) is 7.02. The van der Waals surface area contributed by atoms with Crippen LogP contribution in [0.5, 0.6) is 0 Å². The zero-order chi connectivity index (χ0) is 22.7. The molecule has 0 radical (unpaired) electrons. The Morgan fingerprint density at radius 3 is 2.59 bits per heavy atom. The summed E-state index contributed by atoms with van der Waals surface area (Å²) in [6.07, 6.45) is 5.51. The molecule has 2 aliphatic rings. The second-order valence-electron chi connectivity index (χ2n) is 9.35. The quantitative estimate of drug-likeness (QED) is 0.598. The van der Waals surface area contributed by atoms with E-state index >= 15 is 0 Å². The van der Waals surface area contributed by atoms with E-state index in [0.717, 1.165) is 58.6 Å². The lowest BCUT2D eigenvalue weighted by Crippen LogP contribution is -2.46. The van der Waals surface area contributed by atoms with E-state index < -0.39 is 0 Å². The second-order valence-corrected chi connectivity index (χ2v) is 9.35. The number of aromatic nitrogens is 4. The lowest BCUT2D eigenvalue weighted by Gasteiger charge is -2.40. The highest BCUT2D eigenvalue weighted by atomic mass is 19.1. The maximum absolute atomic E-state index is 14.2. The van der Waals surface area contributed by atoms with E-state index in [9.17, 15) is 9.18 Å². The van der Waals surface area contributed by atoms with E-state index in [0.29, 0.717) is 12.3 Å². The molecule has 2 unspecified atom stereocenters. The van der Waals surface area contributed by atoms with Gasteiger partial charge < -0.3 is 4.90 Å². The minimum absolute atomic E-state index is 0.0406. The van der Waals surface area contributed by atoms with Crippen molar-refractivity contribution in [2.75, 3.05) is 0 Å². The Hall–Kier alpha value is -2.96. The summed E-state index contributed by atoms with van der Waals surface area (Å²) in [7, 11) is 3.82. The predicted molar refractivity (Wildman–Crippen MR) is 121 cm³/mol. The van der Waals surface area contributed by atoms with Crippen LogP contribution in [0.25, 0.3) is 11.3 Å². The van der Waals surface area contributed by atoms with Crippen molar-refractivity contribution in [1.29, 1.82) is 0 Å². The molecule has 2 atom stereocenters. The minimum atomic E-state index is -0.244. The molecule has 1 amide bonds. The zero-order valence-corrected chi connectivity index (χ0v) is 19.4. The molecule has 168 valence electrons. The Balaban J connectivity index is 1.57. The molecule has 7 heteroatoms. The number of aryl methyl sites for hydroxylation is 3. The molecule has 5 rings (SSSR count). The van der Waals surface area contributed by atoms with Crippen molar-refractivity contribution in [1.82, 2.24) is 24.5 Å². The Bertz CT molecular complexity index is 1190. The van der Waals surface area contributed by atoms with Crippen molar-refractivity contribution in [3.8, 4) is 11.3 Å². The standard InChI is InChI=1S/C25H30FN5O/c1-6-19-12-20-22(28-30(5)24(20)17-9-14(2)10-18(26)11-17)15(3)31(19)25(32)21-13-27-29(4)23(21)16-7-8-16/h9-11,13,15-16,19H,6-8,12H2,1-5H3. The summed E-state index contributed by atoms with van der Waals surface area (Å²) < 4.78 is 17.9. The molecule has 6 nitrogen and oxygen atoms in total. The van der Waals surface area contributed by atoms with Crippen LogP contribution in [0, 0.1) is 12.7 Å². The summed E-state index contributed by atoms with van der Waals surface area (Å²) in [6, 6.07) is 5.00. The number of halogens is 1. The van der Waals surface area contributed by atoms with E-state index in [1.165, 1.54) is 6.07 Å². The number of amides is 1. The Kier molecular flexibility index (Phi) is 4.95. The first-order valence-corrected chi connectivity index (χ1v) is 11.5. The largest absolute Gasteiger partial charge is 0.327 e. The minimum Gasteiger partial charge on any atom is -0.327 e. The van der Waals surface area contributed by atoms with E-state index in [2.05, 4.69) is 18.9 Å². The number of carbonyl (C=O) groups is 1. The molecule has 2 aromatic heterocycles. The summed E-state index contributed by atoms with van der Waals surface area (Å²) in [6.45, 7) is 6.08. The van der Waals surface area contributed by atoms with E-state index in [1.807, 2.05) is 41.3 Å². The van der Waals surface area contributed by atoms with Crippen LogP contribution in [-0.2, 0) is 20.5 Å². The maximum atomic E-state index is 14.2. The van der Waals surface area contributed by atoms with Gasteiger partial charge >= 0.3 is 0 Å². The van der Waals surface area contributed by atoms with Gasteiger partial charge in [-0.15, -0.1) is 0 Å². The van der Waals surface area contributed by atoms with Gasteiger partial charge in [0.15, 0.2) is 0 Å². The van der Waals surface area contributed by atoms with Gasteiger partial charge in [-0.2, -0.15) is 10.2 Å². The van der Waals surface area contributed by atoms with Crippen LogP contribution in [0.2, 0.25) is 0 Å². The average Bonchev–Trinajstić information content (AvgIpc) is 3.41. The van der Waals surface area contributed by atoms with Gasteiger partial charge in [0.1, 0.15) is 5.82 Å². The summed E-state index contributed by atoms with van der Waals surface area (Å²) in [4.78, 5) is 15.8. The number of fused-ring (bicyclic) bond motifs is 1. The van der Waals surface area contributed by atoms with Crippen LogP contribution in [0.15, 0.2) is 24.4 Å². The monoisotopic (exact) mass is 435 g/mol. The molecule has 1 aliphatic heterocycles. The van der Waals surface area contributed by atoms with Crippen LogP contribution >= 0.6 is 0 Å². The van der Waals surface area contributed by atoms with Crippen LogP contribution in [0.1, 0.15) is 77.9 Å². The number of rotatable bonds is 4. The van der Waals surface area contributed by atoms with Crippen molar-refractivity contribution in [3.05, 3.63) is 58.3 Å². The number of carbonyl (C=O) groups excluding carboxylic acids is 1. The SMILES string of the molecule is CCC1Cc2c(nn(C)c2-c2cc(C)cc(F)c2)C(C)N1C(=O)c1cnn(C)c1C1CC1. The number of benzene rings is 1. The summed E-state index contributed by atoms with van der Waals surface area (Å²) >= 11 is 0. The summed E-state index contributed by atoms with van der Waals surface area (Å²) in [5.41, 5.74) is 6.46. The molecule has 1 fully saturated rings. The van der Waals surface area contributed by atoms with Crippen LogP contribution in [-0.4, -0.2) is 36.4 Å². The fourth-order valence-corrected chi connectivity index (χ4v) is 5.42. The third-order valence-corrected chi connectivity index (χ3v) is 7.02. The van der Waals surface area contributed by atoms with Crippen molar-refractivity contribution in [2.45, 2.75) is 64.5 Å². The molecule has 3 heterocycles. The first-order chi connectivity index (χ1) is 15.3. The van der Waals surface area contributed by atoms with Crippen molar-refractivity contribution >= 4 is 5.91 Å². The van der Waals surface area contributed by atoms with Gasteiger partial charge in [0, 0.05) is 37.2 Å². The predicted octanol–water partition coefficient (Wildman–Crippen LogP) is 4.68. The summed E-state index contributed by atoms with van der Waals surface area (Å²) in [5, 5.41) is 9.22. The molecule has 0 bridgehead atoms. The van der Waals surface area contributed by atoms with Crippen LogP contribution < -0.4 is 0 Å². The highest BCUT2D eigenvalue weighted by Crippen LogP contribution is 2.44. The van der Waals surface area contributed by atoms with Gasteiger partial charge in [-0.05, 0) is 63.3 Å². The van der Waals surface area contributed by atoms with Gasteiger partial charge in [-0.25, -0.2) is 4.39 Å². The topological polar surface area (TPSA) is 56.0 Å². The smallest absolute Gasteiger partial charge is 0.258 e. The molecular weight excluding hydrogens is 405 g/mol. The van der Waals surface area contributed by atoms with Crippen LogP contribution in [0.3, 0.4) is 0 Å². The highest BCUT2D eigenvalue weighted by Gasteiger charge is 2.41. The fraction of sp³-hybridized carbons (Fsp3) is 0.480. The fourth-order valence-electron chi connectivity index (χ4n) is 5.42. The first kappa shape index (κ1) is 20.9. The highest BCUT2D eigenvalue weighted by molar-refractivity contribution is 5.96. The Morgan fingerprint density at radius 2 is 1.94 bits per heavy atom. The van der Waals surface area contributed by atoms with Crippen molar-refractivity contribution in [3.63, 3.8) is 0 Å². The Labute approximate surface area is 188 Å². The van der Waals surface area contributed by atoms with Gasteiger partial charge in [0.05, 0.1) is 34.9 Å². The lowest BCUT2D eigenvalue weighted by atomic mass is 9.88. The molecule has 0 spiro atoms. The molecule has 1 aliphatic carbocycles. The normalized spacial score (nSPS) is 20.5. The second kappa shape index (κ2) is 7.57. The molecule has 1 saturated carbocycles. The molecule has 1 aromatic carbocycles. The zero-order valence-electron chi connectivity index (χ0n) is 19.4. The lowest BCUT2D eigenvalue weighted by molar-refractivity contribution is 0.0544. The number of hydrogen-bond donors (Lipinski definition) is 0. The molecule has 0 saturated heterocycles. The van der Waals surface area contributed by atoms with Crippen molar-refractivity contribution < 1.29 is 9.18 Å². The van der Waals surface area contributed by atoms with E-state index in [4.69, 9.17) is 5.10 Å².